The summed E-state index contributed by atoms with van der Waals surface area (Å²) in [7, 11) is 0. The van der Waals surface area contributed by atoms with E-state index in [1.807, 2.05) is 4.57 Å². The average Bonchev–Trinajstić information content (AvgIpc) is 3.41. The van der Waals surface area contributed by atoms with Crippen molar-refractivity contribution in [2.45, 2.75) is 19.0 Å². The van der Waals surface area contributed by atoms with E-state index in [1.165, 1.54) is 53.7 Å². The Balaban J connectivity index is 1.73. The number of benzene rings is 1. The van der Waals surface area contributed by atoms with E-state index in [9.17, 15) is 24.8 Å². The van der Waals surface area contributed by atoms with E-state index in [0.717, 1.165) is 0 Å². The number of imidazole rings is 1. The minimum Gasteiger partial charge on any atom is -0.507 e. The van der Waals surface area contributed by atoms with Crippen LogP contribution in [0.2, 0.25) is 0 Å². The second-order valence-electron chi connectivity index (χ2n) is 7.23. The molecule has 0 radical (unpaired) electrons. The zero-order valence-corrected chi connectivity index (χ0v) is 16.9. The van der Waals surface area contributed by atoms with Crippen molar-refractivity contribution in [2.24, 2.45) is 0 Å². The quantitative estimate of drug-likeness (QED) is 0.199. The molecule has 0 bridgehead atoms. The summed E-state index contributed by atoms with van der Waals surface area (Å²) >= 11 is 0. The Morgan fingerprint density at radius 1 is 1.03 bits per heavy atom. The zero-order valence-electron chi connectivity index (χ0n) is 16.9. The largest absolute Gasteiger partial charge is 0.507 e. The molecule has 1 aliphatic rings. The molecule has 1 amide bonds. The van der Waals surface area contributed by atoms with Crippen LogP contribution in [-0.4, -0.2) is 47.7 Å². The first kappa shape index (κ1) is 20.9. The number of aliphatic hydroxyl groups excluding tert-OH is 1. The van der Waals surface area contributed by atoms with Crippen LogP contribution in [0.5, 0.6) is 0 Å². The van der Waals surface area contributed by atoms with Gasteiger partial charge in [-0.1, -0.05) is 0 Å². The molecular formula is C22H19N5O5. The Morgan fingerprint density at radius 3 is 2.38 bits per heavy atom. The van der Waals surface area contributed by atoms with E-state index in [1.54, 1.807) is 18.7 Å². The first-order chi connectivity index (χ1) is 15.5. The number of nitro groups is 1. The van der Waals surface area contributed by atoms with Crippen LogP contribution in [0, 0.1) is 10.1 Å². The predicted molar refractivity (Wildman–Crippen MR) is 113 cm³/mol. The van der Waals surface area contributed by atoms with Gasteiger partial charge in [-0.3, -0.25) is 24.7 Å². The fourth-order valence-corrected chi connectivity index (χ4v) is 3.74. The Kier molecular flexibility index (Phi) is 5.75. The highest BCUT2D eigenvalue weighted by molar-refractivity contribution is 6.46. The zero-order chi connectivity index (χ0) is 22.7. The summed E-state index contributed by atoms with van der Waals surface area (Å²) in [5, 5.41) is 21.9. The fourth-order valence-electron chi connectivity index (χ4n) is 3.74. The number of aryl methyl sites for hydroxylation is 1. The van der Waals surface area contributed by atoms with Gasteiger partial charge in [0.1, 0.15) is 5.76 Å². The van der Waals surface area contributed by atoms with Crippen molar-refractivity contribution >= 4 is 23.1 Å². The van der Waals surface area contributed by atoms with Crippen LogP contribution in [0.4, 0.5) is 5.69 Å². The molecule has 1 aromatic carbocycles. The summed E-state index contributed by atoms with van der Waals surface area (Å²) in [5.74, 6) is -1.84. The number of amides is 1. The van der Waals surface area contributed by atoms with Gasteiger partial charge >= 0.3 is 0 Å². The van der Waals surface area contributed by atoms with Gasteiger partial charge < -0.3 is 14.6 Å². The fraction of sp³-hybridized carbons (Fsp3) is 0.182. The summed E-state index contributed by atoms with van der Waals surface area (Å²) in [4.78, 5) is 45.6. The summed E-state index contributed by atoms with van der Waals surface area (Å²) in [6.45, 7) is 0.831. The number of hydrogen-bond donors (Lipinski definition) is 1. The average molecular weight is 433 g/mol. The lowest BCUT2D eigenvalue weighted by molar-refractivity contribution is -0.384. The lowest BCUT2D eigenvalue weighted by Gasteiger charge is -2.25. The van der Waals surface area contributed by atoms with Gasteiger partial charge in [-0.25, -0.2) is 4.98 Å². The van der Waals surface area contributed by atoms with Crippen molar-refractivity contribution in [3.63, 3.8) is 0 Å². The van der Waals surface area contributed by atoms with E-state index in [-0.39, 0.29) is 23.6 Å². The number of Topliss-reactive ketones (excluding diaryl/α,β-unsaturated/α-hetero) is 1. The Hall–Kier alpha value is -4.34. The Bertz CT molecular complexity index is 1170. The van der Waals surface area contributed by atoms with E-state index in [0.29, 0.717) is 24.1 Å². The number of ketones is 1. The molecular weight excluding hydrogens is 414 g/mol. The van der Waals surface area contributed by atoms with Gasteiger partial charge in [0.15, 0.2) is 0 Å². The highest BCUT2D eigenvalue weighted by atomic mass is 16.6. The molecule has 10 nitrogen and oxygen atoms in total. The maximum atomic E-state index is 12.9. The summed E-state index contributed by atoms with van der Waals surface area (Å²) in [6, 6.07) is 7.82. The number of non-ortho nitro benzene ring substituents is 1. The van der Waals surface area contributed by atoms with Gasteiger partial charge in [-0.15, -0.1) is 0 Å². The van der Waals surface area contributed by atoms with Gasteiger partial charge in [0.05, 0.1) is 22.9 Å². The van der Waals surface area contributed by atoms with Crippen molar-refractivity contribution in [3.05, 3.63) is 94.3 Å². The molecule has 2 aromatic heterocycles. The van der Waals surface area contributed by atoms with Crippen LogP contribution in [0.1, 0.15) is 23.6 Å². The third-order valence-corrected chi connectivity index (χ3v) is 5.29. The van der Waals surface area contributed by atoms with Crippen molar-refractivity contribution in [2.75, 3.05) is 6.54 Å². The molecule has 1 unspecified atom stereocenters. The molecule has 32 heavy (non-hydrogen) atoms. The van der Waals surface area contributed by atoms with Gasteiger partial charge in [0.2, 0.25) is 0 Å². The van der Waals surface area contributed by atoms with Crippen molar-refractivity contribution in [3.8, 4) is 0 Å². The monoisotopic (exact) mass is 433 g/mol. The molecule has 1 saturated heterocycles. The van der Waals surface area contributed by atoms with Crippen LogP contribution in [-0.2, 0) is 16.1 Å². The summed E-state index contributed by atoms with van der Waals surface area (Å²) in [6.07, 6.45) is 8.59. The highest BCUT2D eigenvalue weighted by Crippen LogP contribution is 2.39. The molecule has 1 N–H and O–H groups in total. The molecule has 10 heteroatoms. The number of aromatic nitrogens is 3. The van der Waals surface area contributed by atoms with Gasteiger partial charge in [-0.2, -0.15) is 0 Å². The molecule has 1 aliphatic heterocycles. The number of hydrogen-bond acceptors (Lipinski definition) is 7. The number of rotatable bonds is 7. The minimum atomic E-state index is -0.869. The van der Waals surface area contributed by atoms with Crippen LogP contribution < -0.4 is 0 Å². The topological polar surface area (TPSA) is 131 Å². The number of nitro benzene ring substituents is 1. The number of aliphatic hydroxyl groups is 1. The van der Waals surface area contributed by atoms with Gasteiger partial charge in [-0.05, 0) is 36.2 Å². The van der Waals surface area contributed by atoms with Crippen LogP contribution in [0.25, 0.3) is 5.76 Å². The van der Waals surface area contributed by atoms with E-state index in [2.05, 4.69) is 9.97 Å². The lowest BCUT2D eigenvalue weighted by Crippen LogP contribution is -2.31. The number of nitrogens with zero attached hydrogens (tertiary/aromatic N) is 5. The van der Waals surface area contributed by atoms with Crippen molar-refractivity contribution in [1.82, 2.24) is 19.4 Å². The molecule has 0 aliphatic carbocycles. The normalized spacial score (nSPS) is 17.6. The molecule has 1 atom stereocenters. The van der Waals surface area contributed by atoms with E-state index >= 15 is 0 Å². The molecule has 0 spiro atoms. The maximum Gasteiger partial charge on any atom is 0.295 e. The SMILES string of the molecule is O=C1C(=O)N(CCCn2ccnc2)C(c2ccc([N+](=O)[O-])cc2)/C1=C(\O)c1ccncc1. The predicted octanol–water partition coefficient (Wildman–Crippen LogP) is 2.70. The molecule has 0 saturated carbocycles. The van der Waals surface area contributed by atoms with Gasteiger partial charge in [0, 0.05) is 55.6 Å². The molecule has 162 valence electrons. The number of pyridine rings is 1. The third-order valence-electron chi connectivity index (χ3n) is 5.29. The highest BCUT2D eigenvalue weighted by Gasteiger charge is 2.45. The van der Waals surface area contributed by atoms with E-state index < -0.39 is 22.7 Å². The lowest BCUT2D eigenvalue weighted by atomic mass is 9.95. The molecule has 4 rings (SSSR count). The van der Waals surface area contributed by atoms with Crippen molar-refractivity contribution < 1.29 is 19.6 Å². The number of carbonyl (C=O) groups excluding carboxylic acids is 2. The summed E-state index contributed by atoms with van der Waals surface area (Å²) < 4.78 is 1.86. The maximum absolute atomic E-state index is 12.9. The second-order valence-corrected chi connectivity index (χ2v) is 7.23. The molecule has 1 fully saturated rings. The summed E-state index contributed by atoms with van der Waals surface area (Å²) in [5.41, 5.74) is 0.675. The second kappa shape index (κ2) is 8.80. The Labute approximate surface area is 182 Å². The first-order valence-corrected chi connectivity index (χ1v) is 9.86. The number of likely N-dealkylation sites (tertiary alicyclic amines) is 1. The minimum absolute atomic E-state index is 0.0577. The van der Waals surface area contributed by atoms with Crippen molar-refractivity contribution in [1.29, 1.82) is 0 Å². The van der Waals surface area contributed by atoms with E-state index in [4.69, 9.17) is 0 Å². The standard InChI is InChI=1S/C22H19N5O5/c28-20(16-6-8-23-9-7-16)18-19(15-2-4-17(5-3-15)27(31)32)26(22(30)21(18)29)12-1-11-25-13-10-24-14-25/h2-10,13-14,19,28H,1,11-12H2/b20-18+. The molecule has 3 aromatic rings. The first-order valence-electron chi connectivity index (χ1n) is 9.86. The van der Waals surface area contributed by atoms with Crippen LogP contribution in [0.3, 0.4) is 0 Å². The third kappa shape index (κ3) is 3.97. The van der Waals surface area contributed by atoms with Gasteiger partial charge in [0.25, 0.3) is 17.4 Å². The molecule has 3 heterocycles. The van der Waals surface area contributed by atoms with Crippen LogP contribution in [0.15, 0.2) is 73.1 Å². The smallest absolute Gasteiger partial charge is 0.295 e. The number of carbonyl (C=O) groups is 2. The van der Waals surface area contributed by atoms with Crippen LogP contribution >= 0.6 is 0 Å². The Morgan fingerprint density at radius 2 is 1.75 bits per heavy atom.